The molecule has 92 valence electrons. The van der Waals surface area contributed by atoms with E-state index in [4.69, 9.17) is 10.5 Å². The topological polar surface area (TPSA) is 35.2 Å². The molecule has 0 fully saturated rings. The minimum Gasteiger partial charge on any atom is -0.455 e. The van der Waals surface area contributed by atoms with E-state index in [0.717, 1.165) is 30.0 Å². The molecule has 0 unspecified atom stereocenters. The molecule has 0 saturated heterocycles. The lowest BCUT2D eigenvalue weighted by molar-refractivity contribution is 0.484. The predicted molar refractivity (Wildman–Crippen MR) is 74.1 cm³/mol. The lowest BCUT2D eigenvalue weighted by atomic mass is 10.1. The quantitative estimate of drug-likeness (QED) is 0.808. The molecule has 0 spiro atoms. The van der Waals surface area contributed by atoms with Crippen molar-refractivity contribution in [2.45, 2.75) is 26.2 Å². The molecular weight excluding hydrogens is 222 g/mol. The molecule has 2 nitrogen and oxygen atoms in total. The Bertz CT molecular complexity index is 572. The first kappa shape index (κ1) is 11.1. The Hall–Kier alpha value is -1.96. The van der Waals surface area contributed by atoms with Crippen LogP contribution in [0.3, 0.4) is 0 Å². The Morgan fingerprint density at radius 1 is 1.00 bits per heavy atom. The summed E-state index contributed by atoms with van der Waals surface area (Å²) in [5.41, 5.74) is 10.8. The van der Waals surface area contributed by atoms with E-state index in [2.05, 4.69) is 19.1 Å². The van der Waals surface area contributed by atoms with Gasteiger partial charge in [-0.15, -0.1) is 0 Å². The molecule has 0 atom stereocenters. The van der Waals surface area contributed by atoms with Gasteiger partial charge in [0.25, 0.3) is 0 Å². The SMILES string of the molecule is Cc1ccc(Oc2cc3c(cc2N)CCC3)cc1. The van der Waals surface area contributed by atoms with Crippen LogP contribution in [0.1, 0.15) is 23.1 Å². The van der Waals surface area contributed by atoms with Gasteiger partial charge in [-0.25, -0.2) is 0 Å². The third kappa shape index (κ3) is 2.06. The van der Waals surface area contributed by atoms with Crippen LogP contribution in [-0.4, -0.2) is 0 Å². The van der Waals surface area contributed by atoms with Gasteiger partial charge in [0.2, 0.25) is 0 Å². The number of nitrogen functional groups attached to an aromatic ring is 1. The summed E-state index contributed by atoms with van der Waals surface area (Å²) in [5.74, 6) is 1.62. The highest BCUT2D eigenvalue weighted by Crippen LogP contribution is 2.34. The predicted octanol–water partition coefficient (Wildman–Crippen LogP) is 3.86. The second-order valence-electron chi connectivity index (χ2n) is 4.93. The van der Waals surface area contributed by atoms with E-state index >= 15 is 0 Å². The van der Waals surface area contributed by atoms with Crippen molar-refractivity contribution in [1.29, 1.82) is 0 Å². The number of fused-ring (bicyclic) bond motifs is 1. The number of aryl methyl sites for hydroxylation is 3. The average molecular weight is 239 g/mol. The van der Waals surface area contributed by atoms with Crippen molar-refractivity contribution in [3.63, 3.8) is 0 Å². The van der Waals surface area contributed by atoms with Crippen LogP contribution in [-0.2, 0) is 12.8 Å². The Morgan fingerprint density at radius 2 is 1.67 bits per heavy atom. The molecule has 1 aliphatic rings. The summed E-state index contributed by atoms with van der Waals surface area (Å²) in [5, 5.41) is 0. The molecular formula is C16H17NO. The molecule has 0 bridgehead atoms. The van der Waals surface area contributed by atoms with Gasteiger partial charge < -0.3 is 10.5 Å². The first-order valence-electron chi connectivity index (χ1n) is 6.38. The second-order valence-corrected chi connectivity index (χ2v) is 4.93. The zero-order valence-corrected chi connectivity index (χ0v) is 10.6. The van der Waals surface area contributed by atoms with Gasteiger partial charge in [0, 0.05) is 0 Å². The summed E-state index contributed by atoms with van der Waals surface area (Å²) in [6.07, 6.45) is 3.51. The first-order chi connectivity index (χ1) is 8.72. The van der Waals surface area contributed by atoms with Crippen LogP contribution >= 0.6 is 0 Å². The minimum atomic E-state index is 0.733. The molecule has 2 aromatic carbocycles. The second kappa shape index (κ2) is 4.37. The van der Waals surface area contributed by atoms with Crippen LogP contribution in [0.2, 0.25) is 0 Å². The normalized spacial score (nSPS) is 13.4. The standard InChI is InChI=1S/C16H17NO/c1-11-5-7-14(8-6-11)18-16-10-13-4-2-3-12(13)9-15(16)17/h5-10H,2-4,17H2,1H3. The number of hydrogen-bond donors (Lipinski definition) is 1. The summed E-state index contributed by atoms with van der Waals surface area (Å²) >= 11 is 0. The van der Waals surface area contributed by atoms with Crippen molar-refractivity contribution in [3.8, 4) is 11.5 Å². The third-order valence-corrected chi connectivity index (χ3v) is 3.47. The molecule has 18 heavy (non-hydrogen) atoms. The van der Waals surface area contributed by atoms with E-state index in [1.165, 1.54) is 23.1 Å². The van der Waals surface area contributed by atoms with Crippen molar-refractivity contribution in [3.05, 3.63) is 53.1 Å². The summed E-state index contributed by atoms with van der Waals surface area (Å²) < 4.78 is 5.86. The fourth-order valence-corrected chi connectivity index (χ4v) is 2.44. The third-order valence-electron chi connectivity index (χ3n) is 3.47. The summed E-state index contributed by atoms with van der Waals surface area (Å²) in [7, 11) is 0. The molecule has 0 saturated carbocycles. The van der Waals surface area contributed by atoms with Gasteiger partial charge in [-0.3, -0.25) is 0 Å². The van der Waals surface area contributed by atoms with Gasteiger partial charge in [-0.05, 0) is 61.6 Å². The summed E-state index contributed by atoms with van der Waals surface area (Å²) in [4.78, 5) is 0. The molecule has 2 aromatic rings. The van der Waals surface area contributed by atoms with E-state index < -0.39 is 0 Å². The molecule has 2 heteroatoms. The number of rotatable bonds is 2. The highest BCUT2D eigenvalue weighted by atomic mass is 16.5. The molecule has 0 aromatic heterocycles. The number of ether oxygens (including phenoxy) is 1. The van der Waals surface area contributed by atoms with E-state index in [1.807, 2.05) is 24.3 Å². The van der Waals surface area contributed by atoms with Crippen molar-refractivity contribution in [2.24, 2.45) is 0 Å². The van der Waals surface area contributed by atoms with Crippen molar-refractivity contribution in [2.75, 3.05) is 5.73 Å². The smallest absolute Gasteiger partial charge is 0.150 e. The van der Waals surface area contributed by atoms with E-state index in [1.54, 1.807) is 0 Å². The van der Waals surface area contributed by atoms with Gasteiger partial charge >= 0.3 is 0 Å². The number of anilines is 1. The van der Waals surface area contributed by atoms with E-state index in [0.29, 0.717) is 0 Å². The molecule has 2 N–H and O–H groups in total. The largest absolute Gasteiger partial charge is 0.455 e. The van der Waals surface area contributed by atoms with Crippen molar-refractivity contribution < 1.29 is 4.74 Å². The molecule has 3 rings (SSSR count). The van der Waals surface area contributed by atoms with Crippen molar-refractivity contribution in [1.82, 2.24) is 0 Å². The molecule has 0 heterocycles. The Labute approximate surface area is 107 Å². The maximum Gasteiger partial charge on any atom is 0.150 e. The van der Waals surface area contributed by atoms with E-state index in [9.17, 15) is 0 Å². The van der Waals surface area contributed by atoms with Crippen LogP contribution in [0.25, 0.3) is 0 Å². The summed E-state index contributed by atoms with van der Waals surface area (Å²) in [6, 6.07) is 12.2. The Kier molecular flexibility index (Phi) is 2.71. The minimum absolute atomic E-state index is 0.733. The first-order valence-corrected chi connectivity index (χ1v) is 6.38. The maximum absolute atomic E-state index is 6.05. The zero-order chi connectivity index (χ0) is 12.5. The lowest BCUT2D eigenvalue weighted by Crippen LogP contribution is -1.95. The van der Waals surface area contributed by atoms with Crippen LogP contribution in [0.5, 0.6) is 11.5 Å². The fourth-order valence-electron chi connectivity index (χ4n) is 2.44. The monoisotopic (exact) mass is 239 g/mol. The van der Waals surface area contributed by atoms with Gasteiger partial charge in [0.15, 0.2) is 5.75 Å². The Balaban J connectivity index is 1.90. The average Bonchev–Trinajstić information content (AvgIpc) is 2.79. The number of nitrogens with two attached hydrogens (primary N) is 1. The van der Waals surface area contributed by atoms with Crippen LogP contribution in [0.15, 0.2) is 36.4 Å². The number of hydrogen-bond acceptors (Lipinski definition) is 2. The Morgan fingerprint density at radius 3 is 2.39 bits per heavy atom. The van der Waals surface area contributed by atoms with Crippen LogP contribution in [0.4, 0.5) is 5.69 Å². The van der Waals surface area contributed by atoms with Gasteiger partial charge in [0.05, 0.1) is 5.69 Å². The maximum atomic E-state index is 6.05. The van der Waals surface area contributed by atoms with E-state index in [-0.39, 0.29) is 0 Å². The molecule has 1 aliphatic carbocycles. The van der Waals surface area contributed by atoms with Crippen LogP contribution in [0, 0.1) is 6.92 Å². The van der Waals surface area contributed by atoms with Gasteiger partial charge in [-0.1, -0.05) is 17.7 Å². The van der Waals surface area contributed by atoms with Gasteiger partial charge in [0.1, 0.15) is 5.75 Å². The van der Waals surface area contributed by atoms with Crippen molar-refractivity contribution >= 4 is 5.69 Å². The zero-order valence-electron chi connectivity index (χ0n) is 10.6. The highest BCUT2D eigenvalue weighted by molar-refractivity contribution is 5.59. The highest BCUT2D eigenvalue weighted by Gasteiger charge is 2.14. The summed E-state index contributed by atoms with van der Waals surface area (Å²) in [6.45, 7) is 2.06. The molecule has 0 amide bonds. The fraction of sp³-hybridized carbons (Fsp3) is 0.250. The van der Waals surface area contributed by atoms with Gasteiger partial charge in [-0.2, -0.15) is 0 Å². The number of benzene rings is 2. The molecule has 0 aliphatic heterocycles. The molecule has 0 radical (unpaired) electrons. The van der Waals surface area contributed by atoms with Crippen LogP contribution < -0.4 is 10.5 Å². The lowest BCUT2D eigenvalue weighted by Gasteiger charge is -2.11.